The number of nitrogens with zero attached hydrogens (tertiary/aromatic N) is 3. The molecule has 2 aromatic heterocycles. The van der Waals surface area contributed by atoms with Crippen LogP contribution >= 0.6 is 11.3 Å². The smallest absolute Gasteiger partial charge is 0.338 e. The van der Waals surface area contributed by atoms with Crippen LogP contribution in [0.15, 0.2) is 65.5 Å². The molecule has 168 valence electrons. The number of fused-ring (bicyclic) bond motifs is 1. The van der Waals surface area contributed by atoms with Gasteiger partial charge in [-0.1, -0.05) is 42.5 Å². The molecule has 9 nitrogen and oxygen atoms in total. The minimum atomic E-state index is -0.604. The molecule has 0 fully saturated rings. The van der Waals surface area contributed by atoms with Gasteiger partial charge in [0.1, 0.15) is 17.4 Å². The minimum Gasteiger partial charge on any atom is -0.484 e. The summed E-state index contributed by atoms with van der Waals surface area (Å²) < 4.78 is 12.0. The van der Waals surface area contributed by atoms with Crippen molar-refractivity contribution in [3.8, 4) is 5.75 Å². The van der Waals surface area contributed by atoms with Gasteiger partial charge >= 0.3 is 5.97 Å². The molecule has 0 bridgehead atoms. The summed E-state index contributed by atoms with van der Waals surface area (Å²) in [5, 5.41) is 7.66. The van der Waals surface area contributed by atoms with E-state index in [2.05, 4.69) is 15.4 Å². The zero-order chi connectivity index (χ0) is 23.2. The summed E-state index contributed by atoms with van der Waals surface area (Å²) in [6.07, 6.45) is 0.697. The Bertz CT molecular complexity index is 1350. The van der Waals surface area contributed by atoms with Crippen molar-refractivity contribution in [2.75, 3.05) is 11.9 Å². The van der Waals surface area contributed by atoms with Crippen LogP contribution in [0.5, 0.6) is 5.75 Å². The van der Waals surface area contributed by atoms with E-state index < -0.39 is 5.97 Å². The van der Waals surface area contributed by atoms with Crippen LogP contribution in [0.1, 0.15) is 28.0 Å². The molecule has 1 amide bonds. The molecule has 4 rings (SSSR count). The molecular formula is C23H20N4O5S. The third-order valence-electron chi connectivity index (χ3n) is 4.49. The summed E-state index contributed by atoms with van der Waals surface area (Å²) in [5.41, 5.74) is 0.688. The van der Waals surface area contributed by atoms with Gasteiger partial charge < -0.3 is 14.8 Å². The highest BCUT2D eigenvalue weighted by atomic mass is 32.1. The van der Waals surface area contributed by atoms with Crippen molar-refractivity contribution in [1.29, 1.82) is 0 Å². The lowest BCUT2D eigenvalue weighted by atomic mass is 10.2. The molecule has 0 saturated carbocycles. The van der Waals surface area contributed by atoms with Gasteiger partial charge in [-0.3, -0.25) is 9.59 Å². The number of hydrogen-bond acceptors (Lipinski definition) is 8. The second kappa shape index (κ2) is 10.0. The number of carbonyl (C=O) groups is 2. The molecule has 2 aromatic carbocycles. The van der Waals surface area contributed by atoms with Crippen LogP contribution in [0.4, 0.5) is 5.69 Å². The van der Waals surface area contributed by atoms with E-state index >= 15 is 0 Å². The van der Waals surface area contributed by atoms with Gasteiger partial charge in [0.05, 0.1) is 11.3 Å². The van der Waals surface area contributed by atoms with Crippen molar-refractivity contribution < 1.29 is 19.1 Å². The molecule has 0 saturated heterocycles. The quantitative estimate of drug-likeness (QED) is 0.399. The van der Waals surface area contributed by atoms with E-state index in [9.17, 15) is 14.4 Å². The highest BCUT2D eigenvalue weighted by Crippen LogP contribution is 2.15. The van der Waals surface area contributed by atoms with E-state index in [1.165, 1.54) is 28.0 Å². The van der Waals surface area contributed by atoms with Crippen LogP contribution < -0.4 is 15.6 Å². The predicted octanol–water partition coefficient (Wildman–Crippen LogP) is 3.09. The van der Waals surface area contributed by atoms with Crippen LogP contribution in [-0.4, -0.2) is 33.1 Å². The number of aryl methyl sites for hydroxylation is 1. The number of esters is 1. The monoisotopic (exact) mass is 464 g/mol. The van der Waals surface area contributed by atoms with E-state index in [1.54, 1.807) is 30.3 Å². The molecule has 1 N–H and O–H groups in total. The van der Waals surface area contributed by atoms with Crippen molar-refractivity contribution >= 4 is 33.9 Å². The van der Waals surface area contributed by atoms with Gasteiger partial charge in [0, 0.05) is 11.8 Å². The Morgan fingerprint density at radius 3 is 2.70 bits per heavy atom. The Hall–Kier alpha value is -4.05. The SMILES string of the molecule is CCc1nn2c(=O)cc(COC(=O)c3cccc(NC(=O)COc4ccccc4)c3)nc2s1. The summed E-state index contributed by atoms with van der Waals surface area (Å²) in [7, 11) is 0. The van der Waals surface area contributed by atoms with Crippen molar-refractivity contribution in [1.82, 2.24) is 14.6 Å². The van der Waals surface area contributed by atoms with Crippen LogP contribution in [0.25, 0.3) is 4.96 Å². The van der Waals surface area contributed by atoms with Crippen molar-refractivity contribution in [2.24, 2.45) is 0 Å². The third kappa shape index (κ3) is 5.60. The van der Waals surface area contributed by atoms with Crippen molar-refractivity contribution in [3.05, 3.63) is 87.3 Å². The standard InChI is InChI=1S/C23H20N4O5S/c1-2-20-26-27-21(29)12-17(25-23(27)33-20)13-32-22(30)15-7-6-8-16(11-15)24-19(28)14-31-18-9-4-3-5-10-18/h3-12H,2,13-14H2,1H3,(H,24,28). The van der Waals surface area contributed by atoms with E-state index in [4.69, 9.17) is 9.47 Å². The van der Waals surface area contributed by atoms with E-state index in [-0.39, 0.29) is 30.2 Å². The van der Waals surface area contributed by atoms with Gasteiger partial charge in [-0.25, -0.2) is 9.78 Å². The van der Waals surface area contributed by atoms with Crippen LogP contribution in [-0.2, 0) is 22.6 Å². The molecule has 2 heterocycles. The molecule has 0 aliphatic heterocycles. The fraction of sp³-hybridized carbons (Fsp3) is 0.174. The zero-order valence-electron chi connectivity index (χ0n) is 17.7. The van der Waals surface area contributed by atoms with E-state index in [0.717, 1.165) is 5.01 Å². The molecule has 10 heteroatoms. The number of rotatable bonds is 8. The first-order chi connectivity index (χ1) is 16.0. The lowest BCUT2D eigenvalue weighted by Gasteiger charge is -2.09. The molecule has 0 aliphatic carbocycles. The summed E-state index contributed by atoms with van der Waals surface area (Å²) in [6, 6.07) is 16.6. The maximum atomic E-state index is 12.5. The zero-order valence-corrected chi connectivity index (χ0v) is 18.5. The number of ether oxygens (including phenoxy) is 2. The Kier molecular flexibility index (Phi) is 6.75. The molecule has 0 unspecified atom stereocenters. The number of amides is 1. The number of para-hydroxylation sites is 1. The van der Waals surface area contributed by atoms with Gasteiger partial charge in [-0.15, -0.1) is 0 Å². The first kappa shape index (κ1) is 22.2. The average molecular weight is 465 g/mol. The predicted molar refractivity (Wildman–Crippen MR) is 123 cm³/mol. The van der Waals surface area contributed by atoms with Crippen molar-refractivity contribution in [2.45, 2.75) is 20.0 Å². The number of benzene rings is 2. The van der Waals surface area contributed by atoms with Crippen LogP contribution in [0.3, 0.4) is 0 Å². The maximum absolute atomic E-state index is 12.5. The number of hydrogen-bond donors (Lipinski definition) is 1. The van der Waals surface area contributed by atoms with Gasteiger partial charge in [0.2, 0.25) is 4.96 Å². The molecule has 4 aromatic rings. The van der Waals surface area contributed by atoms with Gasteiger partial charge in [0.15, 0.2) is 6.61 Å². The average Bonchev–Trinajstić information content (AvgIpc) is 3.26. The molecule has 0 atom stereocenters. The Balaban J connectivity index is 1.36. The first-order valence-electron chi connectivity index (χ1n) is 10.2. The Labute approximate surface area is 192 Å². The maximum Gasteiger partial charge on any atom is 0.338 e. The highest BCUT2D eigenvalue weighted by molar-refractivity contribution is 7.16. The summed E-state index contributed by atoms with van der Waals surface area (Å²) in [4.78, 5) is 41.6. The summed E-state index contributed by atoms with van der Waals surface area (Å²) >= 11 is 1.32. The Morgan fingerprint density at radius 2 is 1.91 bits per heavy atom. The third-order valence-corrected chi connectivity index (χ3v) is 5.54. The van der Waals surface area contributed by atoms with Gasteiger partial charge in [-0.05, 0) is 36.8 Å². The molecule has 0 spiro atoms. The molecule has 0 aliphatic rings. The number of aromatic nitrogens is 3. The number of nitrogens with one attached hydrogen (secondary N) is 1. The fourth-order valence-corrected chi connectivity index (χ4v) is 3.78. The van der Waals surface area contributed by atoms with E-state index in [0.29, 0.717) is 28.5 Å². The second-order valence-electron chi connectivity index (χ2n) is 6.94. The molecule has 33 heavy (non-hydrogen) atoms. The number of carbonyl (C=O) groups excluding carboxylic acids is 2. The normalized spacial score (nSPS) is 10.7. The fourth-order valence-electron chi connectivity index (χ4n) is 2.92. The first-order valence-corrected chi connectivity index (χ1v) is 11.0. The van der Waals surface area contributed by atoms with Gasteiger partial charge in [0.25, 0.3) is 11.5 Å². The highest BCUT2D eigenvalue weighted by Gasteiger charge is 2.13. The van der Waals surface area contributed by atoms with Gasteiger partial charge in [-0.2, -0.15) is 9.61 Å². The largest absolute Gasteiger partial charge is 0.484 e. The van der Waals surface area contributed by atoms with Crippen LogP contribution in [0, 0.1) is 0 Å². The second-order valence-corrected chi connectivity index (χ2v) is 7.98. The number of anilines is 1. The minimum absolute atomic E-state index is 0.161. The van der Waals surface area contributed by atoms with Crippen molar-refractivity contribution in [3.63, 3.8) is 0 Å². The summed E-state index contributed by atoms with van der Waals surface area (Å²) in [5.74, 6) is -0.383. The Morgan fingerprint density at radius 1 is 1.09 bits per heavy atom. The lowest BCUT2D eigenvalue weighted by molar-refractivity contribution is -0.118. The molecule has 0 radical (unpaired) electrons. The topological polar surface area (TPSA) is 112 Å². The van der Waals surface area contributed by atoms with E-state index in [1.807, 2.05) is 25.1 Å². The molecular weight excluding hydrogens is 444 g/mol. The van der Waals surface area contributed by atoms with Crippen LogP contribution in [0.2, 0.25) is 0 Å². The summed E-state index contributed by atoms with van der Waals surface area (Å²) in [6.45, 7) is 1.61. The lowest BCUT2D eigenvalue weighted by Crippen LogP contribution is -2.20.